The summed E-state index contributed by atoms with van der Waals surface area (Å²) in [5, 5.41) is 4.79. The number of nitrogens with zero attached hydrogens (tertiary/aromatic N) is 3. The Kier molecular flexibility index (Phi) is 3.06. The van der Waals surface area contributed by atoms with Gasteiger partial charge in [0.2, 0.25) is 10.8 Å². The summed E-state index contributed by atoms with van der Waals surface area (Å²) in [6.45, 7) is 0. The minimum absolute atomic E-state index is 0.217. The molecule has 0 spiro atoms. The van der Waals surface area contributed by atoms with Crippen LogP contribution in [0.15, 0.2) is 51.9 Å². The van der Waals surface area contributed by atoms with Gasteiger partial charge in [0, 0.05) is 5.02 Å². The molecule has 1 aromatic carbocycles. The lowest BCUT2D eigenvalue weighted by atomic mass is 10.2. The summed E-state index contributed by atoms with van der Waals surface area (Å²) in [5.41, 5.74) is 0.572. The van der Waals surface area contributed by atoms with Gasteiger partial charge in [0.15, 0.2) is 5.76 Å². The van der Waals surface area contributed by atoms with Crippen LogP contribution in [0.4, 0.5) is 0 Å². The highest BCUT2D eigenvalue weighted by molar-refractivity contribution is 7.15. The molecule has 0 aliphatic carbocycles. The molecule has 0 atom stereocenters. The van der Waals surface area contributed by atoms with Gasteiger partial charge >= 0.3 is 0 Å². The molecule has 5 nitrogen and oxygen atoms in total. The minimum atomic E-state index is -0.217. The van der Waals surface area contributed by atoms with Crippen molar-refractivity contribution >= 4 is 34.0 Å². The van der Waals surface area contributed by atoms with Crippen LogP contribution < -0.4 is 10.1 Å². The summed E-state index contributed by atoms with van der Waals surface area (Å²) in [6, 6.07) is 10.8. The Morgan fingerprint density at radius 2 is 2.09 bits per heavy atom. The predicted octanol–water partition coefficient (Wildman–Crippen LogP) is 2.61. The highest BCUT2D eigenvalue weighted by Gasteiger charge is 2.13. The average Bonchev–Trinajstić information content (AvgIpc) is 3.20. The smallest absolute Gasteiger partial charge is 0.291 e. The number of benzene rings is 1. The van der Waals surface area contributed by atoms with Gasteiger partial charge in [0.25, 0.3) is 5.56 Å². The van der Waals surface area contributed by atoms with Gasteiger partial charge in [-0.1, -0.05) is 41.1 Å². The van der Waals surface area contributed by atoms with Gasteiger partial charge in [0.05, 0.1) is 10.8 Å². The second kappa shape index (κ2) is 5.08. The van der Waals surface area contributed by atoms with E-state index in [0.29, 0.717) is 26.1 Å². The molecule has 7 heteroatoms. The van der Waals surface area contributed by atoms with Crippen molar-refractivity contribution in [2.45, 2.75) is 0 Å². The van der Waals surface area contributed by atoms with Crippen LogP contribution in [0.3, 0.4) is 0 Å². The van der Waals surface area contributed by atoms with Crippen LogP contribution in [-0.2, 0) is 0 Å². The van der Waals surface area contributed by atoms with Crippen molar-refractivity contribution in [1.29, 1.82) is 0 Å². The van der Waals surface area contributed by atoms with E-state index in [4.69, 9.17) is 16.0 Å². The van der Waals surface area contributed by atoms with E-state index in [-0.39, 0.29) is 5.56 Å². The fourth-order valence-electron chi connectivity index (χ4n) is 2.08. The molecule has 4 aromatic rings. The molecule has 0 radical (unpaired) electrons. The fourth-order valence-corrected chi connectivity index (χ4v) is 3.17. The summed E-state index contributed by atoms with van der Waals surface area (Å²) in [4.78, 5) is 17.2. The van der Waals surface area contributed by atoms with Crippen LogP contribution in [0.25, 0.3) is 22.6 Å². The zero-order valence-corrected chi connectivity index (χ0v) is 12.6. The first-order valence-electron chi connectivity index (χ1n) is 6.42. The molecule has 4 rings (SSSR count). The van der Waals surface area contributed by atoms with Crippen LogP contribution in [-0.4, -0.2) is 14.6 Å². The maximum atomic E-state index is 12.4. The van der Waals surface area contributed by atoms with Gasteiger partial charge in [-0.3, -0.25) is 4.79 Å². The minimum Gasteiger partial charge on any atom is -0.461 e. The molecular formula is C15H8ClN3O2S. The summed E-state index contributed by atoms with van der Waals surface area (Å²) in [7, 11) is 0. The van der Waals surface area contributed by atoms with Gasteiger partial charge < -0.3 is 4.42 Å². The Balaban J connectivity index is 1.88. The number of rotatable bonds is 2. The number of halogens is 1. The fraction of sp³-hybridized carbons (Fsp3) is 0. The Hall–Kier alpha value is -2.44. The van der Waals surface area contributed by atoms with Crippen molar-refractivity contribution in [3.05, 3.63) is 68.1 Å². The number of thiazole rings is 1. The zero-order chi connectivity index (χ0) is 15.1. The highest BCUT2D eigenvalue weighted by Crippen LogP contribution is 2.17. The lowest BCUT2D eigenvalue weighted by Crippen LogP contribution is -2.23. The summed E-state index contributed by atoms with van der Waals surface area (Å²) in [5.74, 6) is 0.935. The van der Waals surface area contributed by atoms with Gasteiger partial charge in [-0.15, -0.1) is 5.10 Å². The van der Waals surface area contributed by atoms with E-state index < -0.39 is 0 Å². The summed E-state index contributed by atoms with van der Waals surface area (Å²) in [6.07, 6.45) is 3.29. The van der Waals surface area contributed by atoms with Crippen LogP contribution in [0.1, 0.15) is 5.56 Å². The molecule has 0 unspecified atom stereocenters. The van der Waals surface area contributed by atoms with Crippen LogP contribution >= 0.6 is 22.9 Å². The topological polar surface area (TPSA) is 60.4 Å². The molecule has 0 fully saturated rings. The van der Waals surface area contributed by atoms with Crippen molar-refractivity contribution in [2.24, 2.45) is 0 Å². The van der Waals surface area contributed by atoms with E-state index in [2.05, 4.69) is 10.1 Å². The SMILES string of the molecule is O=c1c(=Cc2ccccc2Cl)sc2nc(-c3ccco3)nn12. The maximum Gasteiger partial charge on any atom is 0.291 e. The van der Waals surface area contributed by atoms with E-state index in [1.165, 1.54) is 15.9 Å². The van der Waals surface area contributed by atoms with Crippen molar-refractivity contribution in [2.75, 3.05) is 0 Å². The Morgan fingerprint density at radius 3 is 2.82 bits per heavy atom. The molecule has 0 saturated heterocycles. The first kappa shape index (κ1) is 13.2. The molecule has 0 amide bonds. The lowest BCUT2D eigenvalue weighted by Gasteiger charge is -1.94. The van der Waals surface area contributed by atoms with Crippen molar-refractivity contribution in [3.63, 3.8) is 0 Å². The van der Waals surface area contributed by atoms with Crippen LogP contribution in [0.5, 0.6) is 0 Å². The number of furan rings is 1. The molecule has 0 bridgehead atoms. The van der Waals surface area contributed by atoms with Crippen LogP contribution in [0, 0.1) is 0 Å². The van der Waals surface area contributed by atoms with Gasteiger partial charge in [-0.25, -0.2) is 0 Å². The lowest BCUT2D eigenvalue weighted by molar-refractivity contribution is 0.577. The van der Waals surface area contributed by atoms with E-state index in [9.17, 15) is 4.79 Å². The monoisotopic (exact) mass is 329 g/mol. The second-order valence-electron chi connectivity index (χ2n) is 4.54. The van der Waals surface area contributed by atoms with E-state index in [1.54, 1.807) is 30.5 Å². The Labute approximate surface area is 133 Å². The molecule has 3 heterocycles. The molecule has 108 valence electrons. The number of hydrogen-bond donors (Lipinski definition) is 0. The third-order valence-corrected chi connectivity index (χ3v) is 4.42. The second-order valence-corrected chi connectivity index (χ2v) is 5.96. The van der Waals surface area contributed by atoms with Gasteiger partial charge in [0.1, 0.15) is 0 Å². The predicted molar refractivity (Wildman–Crippen MR) is 85.1 cm³/mol. The van der Waals surface area contributed by atoms with Crippen molar-refractivity contribution < 1.29 is 4.42 Å². The highest BCUT2D eigenvalue weighted by atomic mass is 35.5. The Morgan fingerprint density at radius 1 is 1.23 bits per heavy atom. The zero-order valence-electron chi connectivity index (χ0n) is 11.1. The third kappa shape index (κ3) is 2.13. The molecule has 22 heavy (non-hydrogen) atoms. The summed E-state index contributed by atoms with van der Waals surface area (Å²) < 4.78 is 7.06. The first-order chi connectivity index (χ1) is 10.7. The van der Waals surface area contributed by atoms with Crippen molar-refractivity contribution in [1.82, 2.24) is 14.6 Å². The molecular weight excluding hydrogens is 322 g/mol. The van der Waals surface area contributed by atoms with E-state index in [0.717, 1.165) is 5.56 Å². The van der Waals surface area contributed by atoms with Crippen molar-refractivity contribution in [3.8, 4) is 11.6 Å². The molecule has 0 saturated carbocycles. The standard InChI is InChI=1S/C15H8ClN3O2S/c16-10-5-2-1-4-9(10)8-12-14(20)19-15(22-12)17-13(18-19)11-6-3-7-21-11/h1-8H. The molecule has 0 aliphatic rings. The summed E-state index contributed by atoms with van der Waals surface area (Å²) >= 11 is 7.38. The largest absolute Gasteiger partial charge is 0.461 e. The average molecular weight is 330 g/mol. The van der Waals surface area contributed by atoms with Gasteiger partial charge in [-0.05, 0) is 29.8 Å². The molecule has 0 N–H and O–H groups in total. The van der Waals surface area contributed by atoms with E-state index in [1.807, 2.05) is 18.2 Å². The molecule has 3 aromatic heterocycles. The quantitative estimate of drug-likeness (QED) is 0.567. The van der Waals surface area contributed by atoms with E-state index >= 15 is 0 Å². The number of hydrogen-bond acceptors (Lipinski definition) is 5. The van der Waals surface area contributed by atoms with Crippen LogP contribution in [0.2, 0.25) is 5.02 Å². The number of aromatic nitrogens is 3. The third-order valence-electron chi connectivity index (χ3n) is 3.12. The van der Waals surface area contributed by atoms with Gasteiger partial charge in [-0.2, -0.15) is 9.50 Å². The normalized spacial score (nSPS) is 12.3. The molecule has 0 aliphatic heterocycles. The maximum absolute atomic E-state index is 12.4. The number of fused-ring (bicyclic) bond motifs is 1. The first-order valence-corrected chi connectivity index (χ1v) is 7.61. The Bertz CT molecular complexity index is 1070.